The highest BCUT2D eigenvalue weighted by Gasteiger charge is 2.18. The Bertz CT molecular complexity index is 1210. The Morgan fingerprint density at radius 2 is 1.69 bits per heavy atom. The van der Waals surface area contributed by atoms with Crippen LogP contribution < -0.4 is 9.47 Å². The maximum absolute atomic E-state index is 6.24. The Balaban J connectivity index is 1.51. The Morgan fingerprint density at radius 3 is 2.44 bits per heavy atom. The molecule has 1 aromatic heterocycles. The molecule has 3 aromatic carbocycles. The van der Waals surface area contributed by atoms with E-state index in [2.05, 4.69) is 42.7 Å². The molecule has 0 radical (unpaired) electrons. The number of aromatic nitrogens is 2. The lowest BCUT2D eigenvalue weighted by atomic mass is 10.1. The third-order valence-corrected chi connectivity index (χ3v) is 6.10. The fourth-order valence-corrected chi connectivity index (χ4v) is 4.13. The maximum Gasteiger partial charge on any atom is 0.153 e. The van der Waals surface area contributed by atoms with E-state index in [-0.39, 0.29) is 6.10 Å². The van der Waals surface area contributed by atoms with Gasteiger partial charge in [0, 0.05) is 11.6 Å². The van der Waals surface area contributed by atoms with Crippen LogP contribution in [-0.4, -0.2) is 16.2 Å². The number of para-hydroxylation sites is 3. The average molecular weight is 449 g/mol. The number of benzene rings is 3. The van der Waals surface area contributed by atoms with E-state index >= 15 is 0 Å². The van der Waals surface area contributed by atoms with Crippen molar-refractivity contribution in [3.63, 3.8) is 0 Å². The largest absolute Gasteiger partial charge is 0.493 e. The fraction of sp³-hybridized carbons (Fsp3) is 0.296. The lowest BCUT2D eigenvalue weighted by molar-refractivity contribution is 0.209. The van der Waals surface area contributed by atoms with Gasteiger partial charge in [-0.15, -0.1) is 0 Å². The highest BCUT2D eigenvalue weighted by Crippen LogP contribution is 2.28. The van der Waals surface area contributed by atoms with Gasteiger partial charge in [-0.3, -0.25) is 0 Å². The molecule has 0 saturated carbocycles. The van der Waals surface area contributed by atoms with Crippen LogP contribution in [0, 0.1) is 20.8 Å². The maximum atomic E-state index is 6.24. The molecule has 1 atom stereocenters. The molecule has 0 bridgehead atoms. The van der Waals surface area contributed by atoms with Gasteiger partial charge >= 0.3 is 0 Å². The van der Waals surface area contributed by atoms with Crippen LogP contribution in [0.25, 0.3) is 11.0 Å². The predicted molar refractivity (Wildman–Crippen MR) is 131 cm³/mol. The summed E-state index contributed by atoms with van der Waals surface area (Å²) in [4.78, 5) is 4.88. The molecule has 4 rings (SSSR count). The lowest BCUT2D eigenvalue weighted by Gasteiger charge is -2.18. The van der Waals surface area contributed by atoms with Crippen molar-refractivity contribution in [1.29, 1.82) is 0 Å². The molecule has 1 heterocycles. The first-order valence-corrected chi connectivity index (χ1v) is 11.4. The van der Waals surface area contributed by atoms with E-state index in [0.717, 1.165) is 51.9 Å². The van der Waals surface area contributed by atoms with Gasteiger partial charge in [0.2, 0.25) is 0 Å². The molecule has 0 aliphatic rings. The van der Waals surface area contributed by atoms with Gasteiger partial charge in [-0.2, -0.15) is 0 Å². The smallest absolute Gasteiger partial charge is 0.153 e. The number of rotatable bonds is 8. The predicted octanol–water partition coefficient (Wildman–Crippen LogP) is 7.22. The van der Waals surface area contributed by atoms with E-state index in [0.29, 0.717) is 6.61 Å². The summed E-state index contributed by atoms with van der Waals surface area (Å²) in [7, 11) is 0. The summed E-state index contributed by atoms with van der Waals surface area (Å²) in [6.07, 6.45) is 0.663. The second-order valence-corrected chi connectivity index (χ2v) is 8.61. The van der Waals surface area contributed by atoms with Crippen LogP contribution in [0.2, 0.25) is 5.02 Å². The summed E-state index contributed by atoms with van der Waals surface area (Å²) < 4.78 is 14.6. The lowest BCUT2D eigenvalue weighted by Crippen LogP contribution is -2.14. The summed E-state index contributed by atoms with van der Waals surface area (Å²) in [5.41, 5.74) is 5.41. The molecule has 0 spiro atoms. The van der Waals surface area contributed by atoms with Crippen LogP contribution in [0.1, 0.15) is 42.0 Å². The van der Waals surface area contributed by atoms with Gasteiger partial charge in [-0.25, -0.2) is 4.98 Å². The van der Waals surface area contributed by atoms with Crippen molar-refractivity contribution in [2.75, 3.05) is 6.61 Å². The first-order valence-electron chi connectivity index (χ1n) is 11.0. The zero-order chi connectivity index (χ0) is 22.7. The molecule has 0 aliphatic heterocycles. The molecule has 166 valence electrons. The Hall–Kier alpha value is -2.98. The van der Waals surface area contributed by atoms with E-state index in [1.54, 1.807) is 0 Å². The van der Waals surface area contributed by atoms with Gasteiger partial charge in [0.05, 0.1) is 17.6 Å². The summed E-state index contributed by atoms with van der Waals surface area (Å²) >= 11 is 6.16. The Labute approximate surface area is 194 Å². The van der Waals surface area contributed by atoms with E-state index in [9.17, 15) is 0 Å². The van der Waals surface area contributed by atoms with Gasteiger partial charge in [-0.05, 0) is 81.1 Å². The number of nitrogens with zero attached hydrogens (tertiary/aromatic N) is 2. The second kappa shape index (κ2) is 9.66. The monoisotopic (exact) mass is 448 g/mol. The molecule has 4 aromatic rings. The van der Waals surface area contributed by atoms with Crippen LogP contribution >= 0.6 is 11.6 Å². The van der Waals surface area contributed by atoms with Crippen LogP contribution in [0.4, 0.5) is 0 Å². The summed E-state index contributed by atoms with van der Waals surface area (Å²) in [5.74, 6) is 2.68. The minimum absolute atomic E-state index is 0.206. The number of imidazole rings is 1. The standard InChI is InChI=1S/C27H29ClN2O2/c1-18-9-7-10-19(2)26(18)31-16-8-15-30-25-12-6-5-11-24(25)29-27(30)21(4)32-22-13-14-23(28)20(3)17-22/h5-7,9-14,17,21H,8,15-16H2,1-4H3. The van der Waals surface area contributed by atoms with E-state index in [1.165, 1.54) is 11.1 Å². The van der Waals surface area contributed by atoms with Crippen LogP contribution in [0.15, 0.2) is 60.7 Å². The molecular formula is C27H29ClN2O2. The van der Waals surface area contributed by atoms with Gasteiger partial charge in [0.1, 0.15) is 11.5 Å². The van der Waals surface area contributed by atoms with Crippen LogP contribution in [0.5, 0.6) is 11.5 Å². The third kappa shape index (κ3) is 4.76. The number of hydrogen-bond donors (Lipinski definition) is 0. The highest BCUT2D eigenvalue weighted by atomic mass is 35.5. The third-order valence-electron chi connectivity index (χ3n) is 5.67. The molecule has 4 nitrogen and oxygen atoms in total. The SMILES string of the molecule is Cc1cc(OC(C)c2nc3ccccc3n2CCCOc2c(C)cccc2C)ccc1Cl. The molecule has 32 heavy (non-hydrogen) atoms. The number of fused-ring (bicyclic) bond motifs is 1. The van der Waals surface area contributed by atoms with Gasteiger partial charge < -0.3 is 14.0 Å². The minimum Gasteiger partial charge on any atom is -0.493 e. The minimum atomic E-state index is -0.206. The van der Waals surface area contributed by atoms with Crippen LogP contribution in [-0.2, 0) is 6.54 Å². The van der Waals surface area contributed by atoms with Gasteiger partial charge in [-0.1, -0.05) is 41.9 Å². The number of halogens is 1. The number of ether oxygens (including phenoxy) is 2. The molecule has 0 fully saturated rings. The van der Waals surface area contributed by atoms with E-state index in [4.69, 9.17) is 26.1 Å². The molecule has 0 saturated heterocycles. The zero-order valence-corrected chi connectivity index (χ0v) is 19.8. The highest BCUT2D eigenvalue weighted by molar-refractivity contribution is 6.31. The fourth-order valence-electron chi connectivity index (χ4n) is 4.01. The quantitative estimate of drug-likeness (QED) is 0.267. The molecular weight excluding hydrogens is 420 g/mol. The second-order valence-electron chi connectivity index (χ2n) is 8.20. The normalized spacial score (nSPS) is 12.2. The first kappa shape index (κ1) is 22.2. The molecule has 0 amide bonds. The molecule has 1 unspecified atom stereocenters. The average Bonchev–Trinajstić information content (AvgIpc) is 3.14. The van der Waals surface area contributed by atoms with Crippen molar-refractivity contribution in [2.24, 2.45) is 0 Å². The molecule has 5 heteroatoms. The van der Waals surface area contributed by atoms with Crippen molar-refractivity contribution in [2.45, 2.75) is 46.8 Å². The first-order chi connectivity index (χ1) is 15.4. The topological polar surface area (TPSA) is 36.3 Å². The summed E-state index contributed by atoms with van der Waals surface area (Å²) in [6, 6.07) is 20.2. The summed E-state index contributed by atoms with van der Waals surface area (Å²) in [5, 5.41) is 0.737. The molecule has 0 aliphatic carbocycles. The van der Waals surface area contributed by atoms with Crippen LogP contribution in [0.3, 0.4) is 0 Å². The van der Waals surface area contributed by atoms with Crippen molar-refractivity contribution in [1.82, 2.24) is 9.55 Å². The Morgan fingerprint density at radius 1 is 0.938 bits per heavy atom. The number of hydrogen-bond acceptors (Lipinski definition) is 3. The zero-order valence-electron chi connectivity index (χ0n) is 19.1. The van der Waals surface area contributed by atoms with Gasteiger partial charge in [0.25, 0.3) is 0 Å². The molecule has 0 N–H and O–H groups in total. The number of aryl methyl sites for hydroxylation is 4. The van der Waals surface area contributed by atoms with Crippen molar-refractivity contribution in [3.05, 3.63) is 88.2 Å². The van der Waals surface area contributed by atoms with E-state index < -0.39 is 0 Å². The van der Waals surface area contributed by atoms with Crippen molar-refractivity contribution < 1.29 is 9.47 Å². The van der Waals surface area contributed by atoms with Crippen molar-refractivity contribution in [3.8, 4) is 11.5 Å². The van der Waals surface area contributed by atoms with E-state index in [1.807, 2.05) is 50.2 Å². The summed E-state index contributed by atoms with van der Waals surface area (Å²) in [6.45, 7) is 9.63. The Kier molecular flexibility index (Phi) is 6.71. The van der Waals surface area contributed by atoms with Gasteiger partial charge in [0.15, 0.2) is 11.9 Å². The van der Waals surface area contributed by atoms with Crippen molar-refractivity contribution >= 4 is 22.6 Å².